The molecule has 2 aliphatic heterocycles. The molecule has 0 radical (unpaired) electrons. The summed E-state index contributed by atoms with van der Waals surface area (Å²) in [5, 5.41) is 0. The molecule has 1 aromatic carbocycles. The Morgan fingerprint density at radius 1 is 1.38 bits per heavy atom. The van der Waals surface area contributed by atoms with E-state index in [9.17, 15) is 8.42 Å². The van der Waals surface area contributed by atoms with E-state index in [2.05, 4.69) is 8.37 Å². The average molecular weight is 246 g/mol. The van der Waals surface area contributed by atoms with Crippen molar-refractivity contribution in [2.45, 2.75) is 6.92 Å². The van der Waals surface area contributed by atoms with Crippen LogP contribution in [0.4, 0.5) is 11.4 Å². The van der Waals surface area contributed by atoms with Crippen molar-refractivity contribution >= 4 is 21.8 Å². The van der Waals surface area contributed by atoms with Gasteiger partial charge in [0, 0.05) is 6.07 Å². The van der Waals surface area contributed by atoms with Gasteiger partial charge in [-0.3, -0.25) is 0 Å². The van der Waals surface area contributed by atoms with Crippen LogP contribution in [0.15, 0.2) is 6.07 Å². The minimum absolute atomic E-state index is 0.0120. The minimum atomic E-state index is -4.18. The lowest BCUT2D eigenvalue weighted by atomic mass is 10.2. The zero-order chi connectivity index (χ0) is 11.9. The first kappa shape index (κ1) is 10.7. The Hall–Kier alpha value is -1.83. The summed E-state index contributed by atoms with van der Waals surface area (Å²) >= 11 is 0. The topological polar surface area (TPSA) is 114 Å². The molecule has 0 aliphatic carbocycles. The molecule has 0 amide bonds. The van der Waals surface area contributed by atoms with E-state index in [1.54, 1.807) is 6.92 Å². The summed E-state index contributed by atoms with van der Waals surface area (Å²) in [7, 11) is -4.18. The van der Waals surface area contributed by atoms with E-state index < -0.39 is 10.4 Å². The number of hydrogen-bond acceptors (Lipinski definition) is 7. The van der Waals surface area contributed by atoms with Crippen LogP contribution in [-0.2, 0) is 10.4 Å². The van der Waals surface area contributed by atoms with E-state index in [-0.39, 0.29) is 28.6 Å². The van der Waals surface area contributed by atoms with E-state index in [1.165, 1.54) is 6.07 Å². The molecular weight excluding hydrogens is 236 g/mol. The molecule has 16 heavy (non-hydrogen) atoms. The Balaban J connectivity index is 2.68. The van der Waals surface area contributed by atoms with Gasteiger partial charge in [-0.15, -0.1) is 8.42 Å². The number of hydrogen-bond donors (Lipinski definition) is 2. The number of rotatable bonds is 2. The standard InChI is InChI=1S/C8H10N2O5S/c1-2-13-8-5-3-4(9)7(6(8)10)15-16(11,12)14-5/h3H,2,9-10H2,1H3. The molecule has 3 rings (SSSR count). The van der Waals surface area contributed by atoms with Crippen LogP contribution in [0, 0.1) is 0 Å². The summed E-state index contributed by atoms with van der Waals surface area (Å²) in [6.45, 7) is 2.04. The molecule has 0 aromatic heterocycles. The summed E-state index contributed by atoms with van der Waals surface area (Å²) in [4.78, 5) is 0. The maximum atomic E-state index is 11.3. The molecule has 4 N–H and O–H groups in total. The molecule has 88 valence electrons. The van der Waals surface area contributed by atoms with Crippen molar-refractivity contribution in [2.75, 3.05) is 18.1 Å². The molecule has 8 heteroatoms. The fraction of sp³-hybridized carbons (Fsp3) is 0.250. The highest BCUT2D eigenvalue weighted by Gasteiger charge is 2.31. The number of ether oxygens (including phenoxy) is 1. The first-order chi connectivity index (χ1) is 7.44. The predicted octanol–water partition coefficient (Wildman–Crippen LogP) is 0.266. The number of nitrogen functional groups attached to an aromatic ring is 2. The molecule has 0 unspecified atom stereocenters. The lowest BCUT2D eigenvalue weighted by Gasteiger charge is -2.09. The number of anilines is 2. The Bertz CT molecular complexity index is 540. The Morgan fingerprint density at radius 2 is 2.06 bits per heavy atom. The van der Waals surface area contributed by atoms with Crippen LogP contribution < -0.4 is 24.6 Å². The zero-order valence-corrected chi connectivity index (χ0v) is 9.21. The third kappa shape index (κ3) is 1.56. The van der Waals surface area contributed by atoms with Gasteiger partial charge < -0.3 is 24.6 Å². The van der Waals surface area contributed by atoms with Gasteiger partial charge in [-0.05, 0) is 6.92 Å². The van der Waals surface area contributed by atoms with Crippen molar-refractivity contribution in [1.82, 2.24) is 0 Å². The van der Waals surface area contributed by atoms with Crippen molar-refractivity contribution in [1.29, 1.82) is 0 Å². The second kappa shape index (κ2) is 3.34. The Kier molecular flexibility index (Phi) is 2.23. The maximum Gasteiger partial charge on any atom is 0.501 e. The van der Waals surface area contributed by atoms with Gasteiger partial charge in [0.15, 0.2) is 17.2 Å². The van der Waals surface area contributed by atoms with Crippen LogP contribution in [0.5, 0.6) is 17.2 Å². The average Bonchev–Trinajstić information content (AvgIpc) is 2.34. The molecule has 2 heterocycles. The summed E-state index contributed by atoms with van der Waals surface area (Å²) in [5.41, 5.74) is 11.3. The predicted molar refractivity (Wildman–Crippen MR) is 56.6 cm³/mol. The lowest BCUT2D eigenvalue weighted by molar-refractivity contribution is 0.328. The number of nitrogens with two attached hydrogens (primary N) is 2. The molecule has 7 nitrogen and oxygen atoms in total. The lowest BCUT2D eigenvalue weighted by Crippen LogP contribution is -2.14. The van der Waals surface area contributed by atoms with Crippen molar-refractivity contribution in [3.8, 4) is 17.2 Å². The fourth-order valence-corrected chi connectivity index (χ4v) is 2.11. The van der Waals surface area contributed by atoms with Crippen LogP contribution in [0.1, 0.15) is 6.92 Å². The molecule has 1 aromatic rings. The van der Waals surface area contributed by atoms with Gasteiger partial charge in [0.2, 0.25) is 0 Å². The van der Waals surface area contributed by atoms with Gasteiger partial charge >= 0.3 is 10.4 Å². The summed E-state index contributed by atoms with van der Waals surface area (Å²) < 4.78 is 36.9. The molecule has 0 saturated heterocycles. The quantitative estimate of drug-likeness (QED) is 0.719. The maximum absolute atomic E-state index is 11.3. The molecule has 0 saturated carbocycles. The van der Waals surface area contributed by atoms with E-state index in [0.717, 1.165) is 0 Å². The molecule has 2 aliphatic rings. The summed E-state index contributed by atoms with van der Waals surface area (Å²) in [6, 6.07) is 1.29. The van der Waals surface area contributed by atoms with E-state index >= 15 is 0 Å². The minimum Gasteiger partial charge on any atom is -0.488 e. The molecule has 0 spiro atoms. The highest BCUT2D eigenvalue weighted by Crippen LogP contribution is 2.48. The molecule has 2 bridgehead atoms. The van der Waals surface area contributed by atoms with Gasteiger partial charge in [-0.2, -0.15) is 0 Å². The van der Waals surface area contributed by atoms with Crippen LogP contribution in [0.2, 0.25) is 0 Å². The normalized spacial score (nSPS) is 16.1. The van der Waals surface area contributed by atoms with Crippen molar-refractivity contribution in [3.63, 3.8) is 0 Å². The van der Waals surface area contributed by atoms with E-state index in [1.807, 2.05) is 0 Å². The fourth-order valence-electron chi connectivity index (χ4n) is 1.34. The second-order valence-electron chi connectivity index (χ2n) is 3.04. The molecule has 0 fully saturated rings. The molecular formula is C8H10N2O5S. The van der Waals surface area contributed by atoms with Gasteiger partial charge in [-0.1, -0.05) is 0 Å². The van der Waals surface area contributed by atoms with E-state index in [0.29, 0.717) is 6.61 Å². The zero-order valence-electron chi connectivity index (χ0n) is 8.39. The highest BCUT2D eigenvalue weighted by molar-refractivity contribution is 7.82. The second-order valence-corrected chi connectivity index (χ2v) is 4.19. The Labute approximate surface area is 92.2 Å². The smallest absolute Gasteiger partial charge is 0.488 e. The monoisotopic (exact) mass is 246 g/mol. The SMILES string of the molecule is CCOc1c2cc(N)c(c1N)OS(=O)(=O)O2. The van der Waals surface area contributed by atoms with Crippen molar-refractivity contribution in [2.24, 2.45) is 0 Å². The van der Waals surface area contributed by atoms with Gasteiger partial charge in [0.05, 0.1) is 12.3 Å². The third-order valence-electron chi connectivity index (χ3n) is 1.93. The molecule has 0 atom stereocenters. The van der Waals surface area contributed by atoms with Crippen molar-refractivity contribution < 1.29 is 21.5 Å². The summed E-state index contributed by atoms with van der Waals surface area (Å²) in [6.07, 6.45) is 0. The van der Waals surface area contributed by atoms with Gasteiger partial charge in [0.25, 0.3) is 0 Å². The van der Waals surface area contributed by atoms with Crippen molar-refractivity contribution in [3.05, 3.63) is 6.07 Å². The Morgan fingerprint density at radius 3 is 2.69 bits per heavy atom. The van der Waals surface area contributed by atoms with Crippen LogP contribution in [-0.4, -0.2) is 15.0 Å². The highest BCUT2D eigenvalue weighted by atomic mass is 32.3. The van der Waals surface area contributed by atoms with Crippen LogP contribution >= 0.6 is 0 Å². The first-order valence-electron chi connectivity index (χ1n) is 4.43. The number of benzene rings is 1. The summed E-state index contributed by atoms with van der Waals surface area (Å²) in [5.74, 6) is -0.115. The largest absolute Gasteiger partial charge is 0.501 e. The third-order valence-corrected chi connectivity index (χ3v) is 2.68. The van der Waals surface area contributed by atoms with Crippen LogP contribution in [0.25, 0.3) is 0 Å². The van der Waals surface area contributed by atoms with E-state index in [4.69, 9.17) is 16.2 Å². The van der Waals surface area contributed by atoms with Gasteiger partial charge in [0.1, 0.15) is 5.69 Å². The van der Waals surface area contributed by atoms with Gasteiger partial charge in [-0.25, -0.2) is 0 Å². The first-order valence-corrected chi connectivity index (χ1v) is 5.76. The van der Waals surface area contributed by atoms with Crippen LogP contribution in [0.3, 0.4) is 0 Å². The number of fused-ring (bicyclic) bond motifs is 4.